The van der Waals surface area contributed by atoms with Gasteiger partial charge >= 0.3 is 0 Å². The molecule has 10 heteroatoms. The maximum Gasteiger partial charge on any atom is 0.243 e. The van der Waals surface area contributed by atoms with Gasteiger partial charge in [-0.05, 0) is 18.2 Å². The molecule has 0 amide bonds. The van der Waals surface area contributed by atoms with Crippen LogP contribution in [0.2, 0.25) is 0 Å². The van der Waals surface area contributed by atoms with Crippen LogP contribution in [0.15, 0.2) is 34.1 Å². The number of nitrogens with two attached hydrogens (primary N) is 1. The Morgan fingerprint density at radius 1 is 1.05 bits per heavy atom. The van der Waals surface area contributed by atoms with Gasteiger partial charge in [-0.25, -0.2) is 22.0 Å². The number of benzene rings is 1. The van der Waals surface area contributed by atoms with Crippen LogP contribution in [0.3, 0.4) is 0 Å². The van der Waals surface area contributed by atoms with Gasteiger partial charge in [0.05, 0.1) is 35.2 Å². The molecule has 0 spiro atoms. The third-order valence-corrected chi connectivity index (χ3v) is 6.13. The molecule has 3 rings (SSSR count). The number of hydrogen-bond acceptors (Lipinski definition) is 6. The molecule has 2 heterocycles. The fourth-order valence-corrected chi connectivity index (χ4v) is 4.22. The molecule has 0 saturated carbocycles. The van der Waals surface area contributed by atoms with Crippen LogP contribution in [-0.2, 0) is 29.5 Å². The van der Waals surface area contributed by atoms with Gasteiger partial charge in [0.25, 0.3) is 0 Å². The molecule has 1 aromatic rings. The minimum atomic E-state index is -3.97. The largest absolute Gasteiger partial charge is 0.372 e. The van der Waals surface area contributed by atoms with Gasteiger partial charge in [0.15, 0.2) is 0 Å². The Bertz CT molecular complexity index is 755. The second kappa shape index (κ2) is 5.55. The molecule has 0 aliphatic carbocycles. The van der Waals surface area contributed by atoms with Crippen LogP contribution in [0.4, 0.5) is 0 Å². The first-order valence-electron chi connectivity index (χ1n) is 6.63. The predicted molar refractivity (Wildman–Crippen MR) is 76.1 cm³/mol. The molecule has 2 aliphatic rings. The predicted octanol–water partition coefficient (Wildman–Crippen LogP) is -0.878. The van der Waals surface area contributed by atoms with Crippen LogP contribution < -0.4 is 5.14 Å². The highest BCUT2D eigenvalue weighted by Crippen LogP contribution is 2.24. The van der Waals surface area contributed by atoms with Crippen molar-refractivity contribution in [1.82, 2.24) is 4.31 Å². The number of nitrogens with zero attached hydrogens (tertiary/aromatic N) is 1. The topological polar surface area (TPSA) is 123 Å². The van der Waals surface area contributed by atoms with Gasteiger partial charge in [0.2, 0.25) is 20.0 Å². The zero-order valence-electron chi connectivity index (χ0n) is 11.6. The van der Waals surface area contributed by atoms with Crippen LogP contribution >= 0.6 is 0 Å². The van der Waals surface area contributed by atoms with E-state index in [1.54, 1.807) is 0 Å². The third kappa shape index (κ3) is 3.65. The number of epoxide rings is 2. The first-order chi connectivity index (χ1) is 10.3. The molecule has 2 unspecified atom stereocenters. The van der Waals surface area contributed by atoms with E-state index in [0.717, 1.165) is 6.07 Å². The molecule has 22 heavy (non-hydrogen) atoms. The molecule has 2 N–H and O–H groups in total. The number of hydrogen-bond donors (Lipinski definition) is 1. The summed E-state index contributed by atoms with van der Waals surface area (Å²) in [6.45, 7) is 1.49. The summed E-state index contributed by atoms with van der Waals surface area (Å²) in [6, 6.07) is 5.02. The fourth-order valence-electron chi connectivity index (χ4n) is 2.03. The molecule has 2 atom stereocenters. The molecule has 8 nitrogen and oxygen atoms in total. The second-order valence-electron chi connectivity index (χ2n) is 5.25. The van der Waals surface area contributed by atoms with Crippen molar-refractivity contribution in [2.45, 2.75) is 22.0 Å². The van der Waals surface area contributed by atoms with Gasteiger partial charge < -0.3 is 9.47 Å². The highest BCUT2D eigenvalue weighted by Gasteiger charge is 2.37. The highest BCUT2D eigenvalue weighted by molar-refractivity contribution is 7.90. The van der Waals surface area contributed by atoms with Crippen molar-refractivity contribution in [3.05, 3.63) is 24.3 Å². The summed E-state index contributed by atoms with van der Waals surface area (Å²) in [4.78, 5) is -0.348. The van der Waals surface area contributed by atoms with Gasteiger partial charge in [-0.15, -0.1) is 0 Å². The van der Waals surface area contributed by atoms with Crippen LogP contribution in [0.1, 0.15) is 0 Å². The van der Waals surface area contributed by atoms with Gasteiger partial charge in [0.1, 0.15) is 0 Å². The smallest absolute Gasteiger partial charge is 0.243 e. The molecule has 2 aliphatic heterocycles. The molecule has 2 saturated heterocycles. The highest BCUT2D eigenvalue weighted by atomic mass is 32.2. The summed E-state index contributed by atoms with van der Waals surface area (Å²) in [7, 11) is -7.81. The summed E-state index contributed by atoms with van der Waals surface area (Å²) in [6.07, 6.45) is -0.232. The van der Waals surface area contributed by atoms with E-state index in [-0.39, 0.29) is 35.1 Å². The summed E-state index contributed by atoms with van der Waals surface area (Å²) in [5.41, 5.74) is 0. The van der Waals surface area contributed by atoms with Crippen LogP contribution in [0.5, 0.6) is 0 Å². The maximum atomic E-state index is 12.7. The summed E-state index contributed by atoms with van der Waals surface area (Å²) >= 11 is 0. The summed E-state index contributed by atoms with van der Waals surface area (Å²) < 4.78 is 59.7. The Balaban J connectivity index is 1.91. The van der Waals surface area contributed by atoms with Crippen molar-refractivity contribution in [2.24, 2.45) is 5.14 Å². The zero-order valence-corrected chi connectivity index (χ0v) is 13.2. The minimum absolute atomic E-state index is 0.111. The number of ether oxygens (including phenoxy) is 2. The molecule has 0 aromatic heterocycles. The Hall–Kier alpha value is -1.04. The van der Waals surface area contributed by atoms with Crippen LogP contribution in [0.25, 0.3) is 0 Å². The van der Waals surface area contributed by atoms with E-state index < -0.39 is 20.0 Å². The molecule has 0 radical (unpaired) electrons. The van der Waals surface area contributed by atoms with E-state index in [9.17, 15) is 16.8 Å². The lowest BCUT2D eigenvalue weighted by Gasteiger charge is -2.20. The lowest BCUT2D eigenvalue weighted by molar-refractivity contribution is 0.304. The molecule has 122 valence electrons. The fraction of sp³-hybridized carbons (Fsp3) is 0.500. The lowest BCUT2D eigenvalue weighted by Crippen LogP contribution is -2.37. The van der Waals surface area contributed by atoms with Crippen molar-refractivity contribution >= 4 is 20.0 Å². The minimum Gasteiger partial charge on any atom is -0.372 e. The summed E-state index contributed by atoms with van der Waals surface area (Å²) in [5, 5.41) is 5.05. The molecule has 0 bridgehead atoms. The number of primary sulfonamides is 1. The van der Waals surface area contributed by atoms with Gasteiger partial charge in [-0.3, -0.25) is 0 Å². The maximum absolute atomic E-state index is 12.7. The molecular formula is C12H16N2O6S2. The van der Waals surface area contributed by atoms with Gasteiger partial charge in [-0.1, -0.05) is 6.07 Å². The first-order valence-corrected chi connectivity index (χ1v) is 9.62. The molecular weight excluding hydrogens is 332 g/mol. The standard InChI is InChI=1S/C12H16N2O6S2/c13-21(15,16)11-2-1-3-12(4-11)22(17,18)14(5-9-7-19-9)6-10-8-20-10/h1-4,9-10H,5-8H2,(H2,13,15,16). The number of rotatable bonds is 7. The SMILES string of the molecule is NS(=O)(=O)c1cccc(S(=O)(=O)N(CC2CO2)CC2CO2)c1. The van der Waals surface area contributed by atoms with Gasteiger partial charge in [-0.2, -0.15) is 4.31 Å². The Labute approximate surface area is 128 Å². The second-order valence-corrected chi connectivity index (χ2v) is 8.75. The monoisotopic (exact) mass is 348 g/mol. The van der Waals surface area contributed by atoms with E-state index >= 15 is 0 Å². The summed E-state index contributed by atoms with van der Waals surface area (Å²) in [5.74, 6) is 0. The lowest BCUT2D eigenvalue weighted by atomic mass is 10.4. The number of sulfonamides is 2. The van der Waals surface area contributed by atoms with E-state index in [4.69, 9.17) is 14.6 Å². The van der Waals surface area contributed by atoms with Crippen molar-refractivity contribution < 1.29 is 26.3 Å². The molecule has 1 aromatic carbocycles. The van der Waals surface area contributed by atoms with Crippen molar-refractivity contribution in [2.75, 3.05) is 26.3 Å². The van der Waals surface area contributed by atoms with E-state index in [2.05, 4.69) is 0 Å². The zero-order chi connectivity index (χ0) is 16.0. The van der Waals surface area contributed by atoms with Crippen molar-refractivity contribution in [3.63, 3.8) is 0 Å². The average molecular weight is 348 g/mol. The van der Waals surface area contributed by atoms with E-state index in [1.807, 2.05) is 0 Å². The van der Waals surface area contributed by atoms with Crippen molar-refractivity contribution in [3.8, 4) is 0 Å². The average Bonchev–Trinajstić information content (AvgIpc) is 3.32. The van der Waals surface area contributed by atoms with Crippen molar-refractivity contribution in [1.29, 1.82) is 0 Å². The molecule has 2 fully saturated rings. The van der Waals surface area contributed by atoms with E-state index in [1.165, 1.54) is 22.5 Å². The first kappa shape index (κ1) is 15.8. The third-order valence-electron chi connectivity index (χ3n) is 3.39. The normalized spacial score (nSPS) is 24.5. The Morgan fingerprint density at radius 2 is 1.55 bits per heavy atom. The Kier molecular flexibility index (Phi) is 4.00. The van der Waals surface area contributed by atoms with Crippen LogP contribution in [-0.4, -0.2) is 59.7 Å². The van der Waals surface area contributed by atoms with E-state index in [0.29, 0.717) is 13.2 Å². The quantitative estimate of drug-likeness (QED) is 0.639. The van der Waals surface area contributed by atoms with Crippen LogP contribution in [0, 0.1) is 0 Å². The Morgan fingerprint density at radius 3 is 2.00 bits per heavy atom. The van der Waals surface area contributed by atoms with Gasteiger partial charge in [0, 0.05) is 13.1 Å².